The molecular formula is C8H8N2O2. The van der Waals surface area contributed by atoms with Crippen LogP contribution in [0.3, 0.4) is 0 Å². The maximum atomic E-state index is 10.7. The summed E-state index contributed by atoms with van der Waals surface area (Å²) in [6.45, 7) is 1.98. The van der Waals surface area contributed by atoms with Crippen molar-refractivity contribution in [3.05, 3.63) is 34.5 Å². The lowest BCUT2D eigenvalue weighted by Crippen LogP contribution is -1.97. The van der Waals surface area contributed by atoms with Gasteiger partial charge in [0.15, 0.2) is 0 Å². The Morgan fingerprint density at radius 2 is 2.33 bits per heavy atom. The highest BCUT2D eigenvalue weighted by Crippen LogP contribution is 2.01. The molecule has 0 aliphatic rings. The minimum atomic E-state index is -0.822. The van der Waals surface area contributed by atoms with E-state index < -0.39 is 5.91 Å². The minimum absolute atomic E-state index is 0.0993. The average molecular weight is 164 g/mol. The van der Waals surface area contributed by atoms with Crippen LogP contribution < -0.4 is 0 Å². The lowest BCUT2D eigenvalue weighted by molar-refractivity contribution is 0.0996. The molecule has 0 radical (unpaired) electrons. The molecule has 1 rings (SSSR count). The number of aryl methyl sites for hydroxylation is 1. The van der Waals surface area contributed by atoms with Crippen molar-refractivity contribution >= 4 is 5.91 Å². The van der Waals surface area contributed by atoms with Crippen molar-refractivity contribution in [1.29, 1.82) is 0 Å². The summed E-state index contributed by atoms with van der Waals surface area (Å²) in [5.74, 6) is -0.822. The van der Waals surface area contributed by atoms with Gasteiger partial charge >= 0.3 is 5.91 Å². The molecule has 4 heteroatoms. The Morgan fingerprint density at radius 3 is 2.75 bits per heavy atom. The molecule has 12 heavy (non-hydrogen) atoms. The first-order valence-electron chi connectivity index (χ1n) is 3.60. The number of aromatic nitrogens is 1. The van der Waals surface area contributed by atoms with Gasteiger partial charge in [0.25, 0.3) is 0 Å². The molecule has 1 amide bonds. The molecule has 4 nitrogen and oxygen atoms in total. The molecule has 62 valence electrons. The van der Waals surface area contributed by atoms with Gasteiger partial charge in [-0.25, -0.2) is 0 Å². The van der Waals surface area contributed by atoms with Gasteiger partial charge in [0.1, 0.15) is 5.69 Å². The number of rotatable bonds is 2. The summed E-state index contributed by atoms with van der Waals surface area (Å²) in [6, 6.07) is 3.26. The molecule has 0 aliphatic carbocycles. The second-order valence-corrected chi connectivity index (χ2v) is 2.30. The van der Waals surface area contributed by atoms with Crippen molar-refractivity contribution < 1.29 is 4.79 Å². The molecular weight excluding hydrogens is 156 g/mol. The monoisotopic (exact) mass is 164 g/mol. The zero-order valence-electron chi connectivity index (χ0n) is 6.65. The van der Waals surface area contributed by atoms with Crippen LogP contribution >= 0.6 is 0 Å². The van der Waals surface area contributed by atoms with E-state index >= 15 is 0 Å². The third-order valence-corrected chi connectivity index (χ3v) is 1.54. The second kappa shape index (κ2) is 3.71. The van der Waals surface area contributed by atoms with Gasteiger partial charge in [0.2, 0.25) is 0 Å². The molecule has 0 saturated carbocycles. The highest BCUT2D eigenvalue weighted by molar-refractivity contribution is 5.92. The molecule has 0 spiro atoms. The lowest BCUT2D eigenvalue weighted by atomic mass is 10.2. The van der Waals surface area contributed by atoms with Crippen molar-refractivity contribution in [1.82, 2.24) is 4.98 Å². The van der Waals surface area contributed by atoms with Crippen LogP contribution in [0.25, 0.3) is 0 Å². The summed E-state index contributed by atoms with van der Waals surface area (Å²) < 4.78 is 0. The van der Waals surface area contributed by atoms with Crippen LogP contribution in [-0.2, 0) is 6.42 Å². The third kappa shape index (κ3) is 1.72. The largest absolute Gasteiger partial charge is 0.334 e. The van der Waals surface area contributed by atoms with E-state index in [1.165, 1.54) is 6.07 Å². The molecule has 0 fully saturated rings. The number of hydrogen-bond donors (Lipinski definition) is 0. The molecule has 0 aliphatic heterocycles. The Hall–Kier alpha value is -1.58. The Kier molecular flexibility index (Phi) is 2.63. The van der Waals surface area contributed by atoms with E-state index in [4.69, 9.17) is 0 Å². The van der Waals surface area contributed by atoms with E-state index in [-0.39, 0.29) is 5.69 Å². The summed E-state index contributed by atoms with van der Waals surface area (Å²) in [5.41, 5.74) is 1.12. The average Bonchev–Trinajstić information content (AvgIpc) is 2.17. The zero-order chi connectivity index (χ0) is 8.97. The Balaban J connectivity index is 2.91. The van der Waals surface area contributed by atoms with Gasteiger partial charge in [0, 0.05) is 11.4 Å². The van der Waals surface area contributed by atoms with Crippen molar-refractivity contribution in [2.45, 2.75) is 13.3 Å². The number of pyridine rings is 1. The van der Waals surface area contributed by atoms with Gasteiger partial charge < -0.3 is 0 Å². The fraction of sp³-hybridized carbons (Fsp3) is 0.250. The summed E-state index contributed by atoms with van der Waals surface area (Å²) >= 11 is 0. The lowest BCUT2D eigenvalue weighted by Gasteiger charge is -1.94. The van der Waals surface area contributed by atoms with Crippen molar-refractivity contribution in [2.24, 2.45) is 5.18 Å². The molecule has 0 aromatic carbocycles. The minimum Gasteiger partial charge on any atom is -0.261 e. The Morgan fingerprint density at radius 1 is 1.58 bits per heavy atom. The fourth-order valence-electron chi connectivity index (χ4n) is 0.807. The standard InChI is InChI=1S/C8H8N2O2/c1-2-6-3-4-7(9-5-6)8(11)10-12/h3-5H,2H2,1H3. The van der Waals surface area contributed by atoms with Crippen molar-refractivity contribution in [3.8, 4) is 0 Å². The van der Waals surface area contributed by atoms with Gasteiger partial charge in [-0.05, 0) is 18.1 Å². The van der Waals surface area contributed by atoms with Crippen LogP contribution in [0, 0.1) is 4.91 Å². The SMILES string of the molecule is CCc1ccc(C(=O)N=O)nc1. The van der Waals surface area contributed by atoms with Crippen LogP contribution in [0.15, 0.2) is 23.5 Å². The first kappa shape index (κ1) is 8.52. The van der Waals surface area contributed by atoms with Crippen molar-refractivity contribution in [2.75, 3.05) is 0 Å². The Labute approximate surface area is 69.6 Å². The number of nitroso groups, excluding NO2 is 1. The molecule has 0 bridgehead atoms. The molecule has 0 N–H and O–H groups in total. The highest BCUT2D eigenvalue weighted by Gasteiger charge is 2.05. The van der Waals surface area contributed by atoms with E-state index in [0.717, 1.165) is 12.0 Å². The number of carbonyl (C=O) groups excluding carboxylic acids is 1. The quantitative estimate of drug-likeness (QED) is 0.623. The molecule has 1 aromatic rings. The van der Waals surface area contributed by atoms with Crippen LogP contribution in [0.2, 0.25) is 0 Å². The van der Waals surface area contributed by atoms with Crippen LogP contribution in [0.4, 0.5) is 0 Å². The summed E-state index contributed by atoms with van der Waals surface area (Å²) in [5, 5.41) is 2.26. The highest BCUT2D eigenvalue weighted by atomic mass is 16.3. The van der Waals surface area contributed by atoms with Crippen LogP contribution in [0.5, 0.6) is 0 Å². The summed E-state index contributed by atoms with van der Waals surface area (Å²) in [4.78, 5) is 24.3. The number of hydrogen-bond acceptors (Lipinski definition) is 3. The molecule has 1 heterocycles. The molecule has 1 aromatic heterocycles. The number of nitrogens with zero attached hydrogens (tertiary/aromatic N) is 2. The van der Waals surface area contributed by atoms with E-state index in [0.29, 0.717) is 0 Å². The third-order valence-electron chi connectivity index (χ3n) is 1.54. The molecule has 0 unspecified atom stereocenters. The van der Waals surface area contributed by atoms with Gasteiger partial charge in [0.05, 0.1) is 0 Å². The van der Waals surface area contributed by atoms with Gasteiger partial charge in [-0.2, -0.15) is 0 Å². The zero-order valence-corrected chi connectivity index (χ0v) is 6.65. The summed E-state index contributed by atoms with van der Waals surface area (Å²) in [7, 11) is 0. The second-order valence-electron chi connectivity index (χ2n) is 2.30. The number of carbonyl (C=O) groups is 1. The van der Waals surface area contributed by atoms with Crippen LogP contribution in [0.1, 0.15) is 23.0 Å². The summed E-state index contributed by atoms with van der Waals surface area (Å²) in [6.07, 6.45) is 2.43. The van der Waals surface area contributed by atoms with E-state index in [9.17, 15) is 9.70 Å². The van der Waals surface area contributed by atoms with Gasteiger partial charge in [-0.3, -0.25) is 9.78 Å². The maximum absolute atomic E-state index is 10.7. The van der Waals surface area contributed by atoms with Crippen molar-refractivity contribution in [3.63, 3.8) is 0 Å². The first-order chi connectivity index (χ1) is 5.77. The van der Waals surface area contributed by atoms with E-state index in [1.54, 1.807) is 12.3 Å². The Bertz CT molecular complexity index is 292. The predicted octanol–water partition coefficient (Wildman–Crippen LogP) is 1.55. The smallest absolute Gasteiger partial charge is 0.261 e. The van der Waals surface area contributed by atoms with Crippen LogP contribution in [-0.4, -0.2) is 10.9 Å². The maximum Gasteiger partial charge on any atom is 0.334 e. The fourth-order valence-corrected chi connectivity index (χ4v) is 0.807. The molecule has 0 atom stereocenters. The van der Waals surface area contributed by atoms with Gasteiger partial charge in [-0.15, -0.1) is 4.91 Å². The first-order valence-corrected chi connectivity index (χ1v) is 3.60. The number of amides is 1. The van der Waals surface area contributed by atoms with E-state index in [2.05, 4.69) is 10.2 Å². The molecule has 0 saturated heterocycles. The van der Waals surface area contributed by atoms with E-state index in [1.807, 2.05) is 6.92 Å². The normalized spacial score (nSPS) is 9.42. The topological polar surface area (TPSA) is 59.4 Å². The predicted molar refractivity (Wildman–Crippen MR) is 43.7 cm³/mol. The van der Waals surface area contributed by atoms with Gasteiger partial charge in [-0.1, -0.05) is 13.0 Å².